The summed E-state index contributed by atoms with van der Waals surface area (Å²) in [4.78, 5) is 4.49. The zero-order valence-corrected chi connectivity index (χ0v) is 15.3. The second kappa shape index (κ2) is 6.62. The monoisotopic (exact) mass is 380 g/mol. The van der Waals surface area contributed by atoms with Crippen molar-refractivity contribution in [1.82, 2.24) is 19.7 Å². The summed E-state index contributed by atoms with van der Waals surface area (Å²) in [7, 11) is 1.92. The van der Waals surface area contributed by atoms with E-state index in [0.29, 0.717) is 18.3 Å². The number of hydrogen-bond acceptors (Lipinski definition) is 7. The Morgan fingerprint density at radius 3 is 2.78 bits per heavy atom. The van der Waals surface area contributed by atoms with Crippen LogP contribution in [0.1, 0.15) is 17.8 Å². The predicted octanol–water partition coefficient (Wildman–Crippen LogP) is 3.76. The van der Waals surface area contributed by atoms with Crippen LogP contribution in [0.15, 0.2) is 58.1 Å². The summed E-state index contributed by atoms with van der Waals surface area (Å²) in [6.45, 7) is 0.402. The minimum Gasteiger partial charge on any atom is -0.485 e. The predicted molar refractivity (Wildman–Crippen MR) is 99.9 cm³/mol. The summed E-state index contributed by atoms with van der Waals surface area (Å²) in [6, 6.07) is 15.4. The Labute approximate surface area is 159 Å². The lowest BCUT2D eigenvalue weighted by Crippen LogP contribution is -2.24. The van der Waals surface area contributed by atoms with Gasteiger partial charge in [-0.15, -0.1) is 10.2 Å². The number of benzene rings is 2. The number of rotatable bonds is 4. The fourth-order valence-corrected chi connectivity index (χ4v) is 3.75. The lowest BCUT2D eigenvalue weighted by Gasteiger charge is -2.25. The third-order valence-corrected chi connectivity index (χ3v) is 5.33. The molecule has 1 atom stereocenters. The Morgan fingerprint density at radius 1 is 1.07 bits per heavy atom. The van der Waals surface area contributed by atoms with E-state index in [9.17, 15) is 0 Å². The molecule has 0 saturated carbocycles. The van der Waals surface area contributed by atoms with Gasteiger partial charge in [0, 0.05) is 7.05 Å². The molecule has 0 bridgehead atoms. The molecule has 5 rings (SSSR count). The molecule has 8 heteroatoms. The van der Waals surface area contributed by atoms with E-state index >= 15 is 0 Å². The topological polar surface area (TPSA) is 75.2 Å². The van der Waals surface area contributed by atoms with E-state index in [2.05, 4.69) is 15.2 Å². The quantitative estimate of drug-likeness (QED) is 0.499. The molecule has 0 aliphatic carbocycles. The summed E-state index contributed by atoms with van der Waals surface area (Å²) in [5, 5.41) is 9.36. The second-order valence-electron chi connectivity index (χ2n) is 6.13. The van der Waals surface area contributed by atoms with Crippen LogP contribution in [0.4, 0.5) is 0 Å². The van der Waals surface area contributed by atoms with Crippen molar-refractivity contribution in [3.63, 3.8) is 0 Å². The highest BCUT2D eigenvalue weighted by Gasteiger charge is 2.27. The first-order valence-corrected chi connectivity index (χ1v) is 9.51. The highest BCUT2D eigenvalue weighted by Crippen LogP contribution is 2.36. The van der Waals surface area contributed by atoms with Crippen LogP contribution >= 0.6 is 11.8 Å². The average molecular weight is 380 g/mol. The maximum atomic E-state index is 6.03. The van der Waals surface area contributed by atoms with Gasteiger partial charge in [-0.3, -0.25) is 0 Å². The molecule has 0 radical (unpaired) electrons. The zero-order valence-electron chi connectivity index (χ0n) is 14.5. The van der Waals surface area contributed by atoms with Crippen molar-refractivity contribution in [3.8, 4) is 11.5 Å². The van der Waals surface area contributed by atoms with Crippen LogP contribution in [0.25, 0.3) is 11.1 Å². The van der Waals surface area contributed by atoms with Gasteiger partial charge in [0.15, 0.2) is 34.2 Å². The summed E-state index contributed by atoms with van der Waals surface area (Å²) in [5.41, 5.74) is 1.65. The number of hydrogen-bond donors (Lipinski definition) is 0. The van der Waals surface area contributed by atoms with Crippen LogP contribution in [0, 0.1) is 0 Å². The summed E-state index contributed by atoms with van der Waals surface area (Å²) in [6.07, 6.45) is -0.295. The van der Waals surface area contributed by atoms with Crippen molar-refractivity contribution in [2.75, 3.05) is 6.61 Å². The van der Waals surface area contributed by atoms with Gasteiger partial charge in [0.05, 0.1) is 5.75 Å². The first-order chi connectivity index (χ1) is 13.3. The molecule has 7 nitrogen and oxygen atoms in total. The number of aromatic nitrogens is 4. The van der Waals surface area contributed by atoms with E-state index in [4.69, 9.17) is 13.9 Å². The third-order valence-electron chi connectivity index (χ3n) is 4.33. The molecular formula is C19H16N4O3S. The summed E-state index contributed by atoms with van der Waals surface area (Å²) < 4.78 is 19.5. The van der Waals surface area contributed by atoms with Crippen molar-refractivity contribution in [1.29, 1.82) is 0 Å². The van der Waals surface area contributed by atoms with Crippen molar-refractivity contribution >= 4 is 22.9 Å². The Bertz CT molecular complexity index is 1070. The smallest absolute Gasteiger partial charge is 0.205 e. The van der Waals surface area contributed by atoms with Crippen LogP contribution in [0.5, 0.6) is 11.5 Å². The Morgan fingerprint density at radius 2 is 1.89 bits per heavy atom. The van der Waals surface area contributed by atoms with Crippen molar-refractivity contribution in [2.45, 2.75) is 17.0 Å². The Hall–Kier alpha value is -3.00. The average Bonchev–Trinajstić information content (AvgIpc) is 3.29. The number of thioether (sulfide) groups is 1. The van der Waals surface area contributed by atoms with Gasteiger partial charge in [-0.05, 0) is 24.3 Å². The minimum atomic E-state index is -0.295. The van der Waals surface area contributed by atoms with Crippen molar-refractivity contribution < 1.29 is 13.9 Å². The van der Waals surface area contributed by atoms with Crippen LogP contribution in [0.2, 0.25) is 0 Å². The maximum absolute atomic E-state index is 6.03. The van der Waals surface area contributed by atoms with Gasteiger partial charge < -0.3 is 18.5 Å². The fraction of sp³-hybridized carbons (Fsp3) is 0.211. The van der Waals surface area contributed by atoms with E-state index < -0.39 is 0 Å². The van der Waals surface area contributed by atoms with E-state index in [1.54, 1.807) is 0 Å². The molecule has 1 aliphatic rings. The molecular weight excluding hydrogens is 364 g/mol. The first kappa shape index (κ1) is 16.2. The maximum Gasteiger partial charge on any atom is 0.205 e. The van der Waals surface area contributed by atoms with Crippen LogP contribution in [-0.2, 0) is 12.8 Å². The van der Waals surface area contributed by atoms with E-state index in [1.165, 1.54) is 11.8 Å². The standard InChI is InChI=1S/C19H16N4O3S/c1-23-18(16-10-24-14-8-4-5-9-15(14)25-16)21-22-19(23)27-11-17-20-12-6-2-3-7-13(12)26-17/h2-9,16H,10-11H2,1H3. The van der Waals surface area contributed by atoms with Gasteiger partial charge in [-0.2, -0.15) is 0 Å². The lowest BCUT2D eigenvalue weighted by molar-refractivity contribution is 0.0825. The van der Waals surface area contributed by atoms with E-state index in [1.807, 2.05) is 60.1 Å². The molecule has 1 aliphatic heterocycles. The molecule has 0 amide bonds. The zero-order chi connectivity index (χ0) is 18.2. The van der Waals surface area contributed by atoms with Gasteiger partial charge >= 0.3 is 0 Å². The summed E-state index contributed by atoms with van der Waals surface area (Å²) >= 11 is 1.52. The minimum absolute atomic E-state index is 0.295. The van der Waals surface area contributed by atoms with E-state index in [0.717, 1.165) is 33.6 Å². The number of oxazole rings is 1. The largest absolute Gasteiger partial charge is 0.485 e. The number of fused-ring (bicyclic) bond motifs is 2. The SMILES string of the molecule is Cn1c(SCc2nc3ccccc3o2)nnc1C1COc2ccccc2O1. The molecule has 136 valence electrons. The number of nitrogens with zero attached hydrogens (tertiary/aromatic N) is 4. The normalized spacial score (nSPS) is 16.0. The van der Waals surface area contributed by atoms with Crippen LogP contribution < -0.4 is 9.47 Å². The summed E-state index contributed by atoms with van der Waals surface area (Å²) in [5.74, 6) is 3.44. The lowest BCUT2D eigenvalue weighted by atomic mass is 10.2. The van der Waals surface area contributed by atoms with Gasteiger partial charge in [-0.1, -0.05) is 36.0 Å². The van der Waals surface area contributed by atoms with Gasteiger partial charge in [0.25, 0.3) is 0 Å². The van der Waals surface area contributed by atoms with Gasteiger partial charge in [-0.25, -0.2) is 4.98 Å². The highest BCUT2D eigenvalue weighted by molar-refractivity contribution is 7.98. The molecule has 4 aromatic rings. The molecule has 27 heavy (non-hydrogen) atoms. The first-order valence-electron chi connectivity index (χ1n) is 8.53. The number of ether oxygens (including phenoxy) is 2. The van der Waals surface area contributed by atoms with Crippen molar-refractivity contribution in [2.24, 2.45) is 7.05 Å². The molecule has 2 aromatic carbocycles. The fourth-order valence-electron chi connectivity index (χ4n) is 2.99. The third kappa shape index (κ3) is 3.02. The Kier molecular flexibility index (Phi) is 3.97. The molecule has 1 unspecified atom stereocenters. The molecule has 0 saturated heterocycles. The molecule has 0 N–H and O–H groups in total. The second-order valence-corrected chi connectivity index (χ2v) is 7.07. The molecule has 2 aromatic heterocycles. The van der Waals surface area contributed by atoms with Gasteiger partial charge in [0.1, 0.15) is 12.1 Å². The highest BCUT2D eigenvalue weighted by atomic mass is 32.2. The Balaban J connectivity index is 1.32. The molecule has 0 fully saturated rings. The van der Waals surface area contributed by atoms with Crippen molar-refractivity contribution in [3.05, 3.63) is 60.2 Å². The molecule has 3 heterocycles. The molecule has 0 spiro atoms. The van der Waals surface area contributed by atoms with Gasteiger partial charge in [0.2, 0.25) is 5.89 Å². The number of para-hydroxylation sites is 4. The van der Waals surface area contributed by atoms with Crippen LogP contribution in [-0.4, -0.2) is 26.4 Å². The van der Waals surface area contributed by atoms with Crippen LogP contribution in [0.3, 0.4) is 0 Å². The van der Waals surface area contributed by atoms with E-state index in [-0.39, 0.29) is 6.10 Å².